The number of guanidine groups is 1. The first kappa shape index (κ1) is 26.9. The number of nitrogens with zero attached hydrogens (tertiary/aromatic N) is 2. The Morgan fingerprint density at radius 1 is 1.19 bits per heavy atom. The van der Waals surface area contributed by atoms with Crippen LogP contribution >= 0.6 is 35.6 Å². The summed E-state index contributed by atoms with van der Waals surface area (Å²) in [6, 6.07) is 6.23. The average Bonchev–Trinajstić information content (AvgIpc) is 2.71. The SMILES string of the molecule is COc1ccc(CN=C(N)NCCCOc2ncc(C(F)(F)F)cc2Cl)cc1OC.I. The van der Waals surface area contributed by atoms with Gasteiger partial charge in [0.1, 0.15) is 5.02 Å². The molecule has 0 aliphatic carbocycles. The number of aromatic nitrogens is 1. The van der Waals surface area contributed by atoms with Gasteiger partial charge in [-0.3, -0.25) is 0 Å². The van der Waals surface area contributed by atoms with Crippen molar-refractivity contribution in [2.24, 2.45) is 10.7 Å². The van der Waals surface area contributed by atoms with E-state index in [2.05, 4.69) is 15.3 Å². The molecule has 0 aliphatic heterocycles. The van der Waals surface area contributed by atoms with Gasteiger partial charge in [-0.25, -0.2) is 9.98 Å². The fourth-order valence-corrected chi connectivity index (χ4v) is 2.58. The summed E-state index contributed by atoms with van der Waals surface area (Å²) < 4.78 is 53.5. The van der Waals surface area contributed by atoms with Gasteiger partial charge in [-0.2, -0.15) is 13.2 Å². The summed E-state index contributed by atoms with van der Waals surface area (Å²) in [5.41, 5.74) is 5.79. The fraction of sp³-hybridized carbons (Fsp3) is 0.368. The second-order valence-electron chi connectivity index (χ2n) is 6.03. The van der Waals surface area contributed by atoms with Crippen molar-refractivity contribution in [1.82, 2.24) is 10.3 Å². The molecule has 0 bridgehead atoms. The van der Waals surface area contributed by atoms with Crippen LogP contribution in [0, 0.1) is 0 Å². The highest BCUT2D eigenvalue weighted by Crippen LogP contribution is 2.33. The number of hydrogen-bond donors (Lipinski definition) is 2. The first-order valence-corrected chi connectivity index (χ1v) is 9.22. The number of alkyl halides is 3. The lowest BCUT2D eigenvalue weighted by molar-refractivity contribution is -0.137. The van der Waals surface area contributed by atoms with Crippen molar-refractivity contribution >= 4 is 41.5 Å². The molecule has 1 heterocycles. The minimum Gasteiger partial charge on any atom is -0.493 e. The zero-order valence-electron chi connectivity index (χ0n) is 16.8. The number of pyridine rings is 1. The Kier molecular flexibility index (Phi) is 11.0. The Labute approximate surface area is 200 Å². The summed E-state index contributed by atoms with van der Waals surface area (Å²) >= 11 is 5.78. The molecule has 31 heavy (non-hydrogen) atoms. The first-order valence-electron chi connectivity index (χ1n) is 8.84. The predicted octanol–water partition coefficient (Wildman–Crippen LogP) is 4.26. The van der Waals surface area contributed by atoms with Crippen LogP contribution in [0.2, 0.25) is 5.02 Å². The highest BCUT2D eigenvalue weighted by atomic mass is 127. The van der Waals surface area contributed by atoms with Crippen molar-refractivity contribution in [3.63, 3.8) is 0 Å². The summed E-state index contributed by atoms with van der Waals surface area (Å²) in [6.45, 7) is 0.980. The number of nitrogens with two attached hydrogens (primary N) is 1. The number of aliphatic imine (C=N–C) groups is 1. The van der Waals surface area contributed by atoms with E-state index in [0.29, 0.717) is 37.2 Å². The Balaban J connectivity index is 0.00000480. The number of benzene rings is 1. The van der Waals surface area contributed by atoms with Crippen LogP contribution < -0.4 is 25.3 Å². The standard InChI is InChI=1S/C19H22ClF3N4O3.HI/c1-28-15-5-4-12(8-16(15)29-2)10-27-18(24)25-6-3-7-30-17-14(20)9-13(11-26-17)19(21,22)23;/h4-5,8-9,11H,3,6-7,10H2,1-2H3,(H3,24,25,27);1H. The van der Waals surface area contributed by atoms with Crippen LogP contribution in [0.1, 0.15) is 17.5 Å². The normalized spacial score (nSPS) is 11.5. The van der Waals surface area contributed by atoms with E-state index >= 15 is 0 Å². The van der Waals surface area contributed by atoms with Crippen molar-refractivity contribution in [3.05, 3.63) is 46.6 Å². The number of hydrogen-bond acceptors (Lipinski definition) is 5. The lowest BCUT2D eigenvalue weighted by Crippen LogP contribution is -2.33. The Bertz CT molecular complexity index is 885. The molecule has 12 heteroatoms. The second kappa shape index (κ2) is 12.6. The van der Waals surface area contributed by atoms with Crippen molar-refractivity contribution in [3.8, 4) is 17.4 Å². The third kappa shape index (κ3) is 8.48. The summed E-state index contributed by atoms with van der Waals surface area (Å²) in [7, 11) is 3.11. The third-order valence-electron chi connectivity index (χ3n) is 3.88. The van der Waals surface area contributed by atoms with E-state index < -0.39 is 11.7 Å². The molecule has 0 aliphatic rings. The molecule has 0 atom stereocenters. The molecule has 7 nitrogen and oxygen atoms in total. The molecule has 1 aromatic carbocycles. The van der Waals surface area contributed by atoms with E-state index in [4.69, 9.17) is 31.5 Å². The van der Waals surface area contributed by atoms with Crippen molar-refractivity contribution in [1.29, 1.82) is 0 Å². The van der Waals surface area contributed by atoms with Gasteiger partial charge in [0.15, 0.2) is 17.5 Å². The van der Waals surface area contributed by atoms with Gasteiger partial charge in [0.05, 0.1) is 32.9 Å². The minimum absolute atomic E-state index is 0. The summed E-state index contributed by atoms with van der Waals surface area (Å²) in [5, 5.41) is 2.72. The summed E-state index contributed by atoms with van der Waals surface area (Å²) in [4.78, 5) is 7.84. The Morgan fingerprint density at radius 2 is 1.90 bits per heavy atom. The summed E-state index contributed by atoms with van der Waals surface area (Å²) in [5.74, 6) is 1.42. The third-order valence-corrected chi connectivity index (χ3v) is 4.15. The molecule has 0 radical (unpaired) electrons. The van der Waals surface area contributed by atoms with Crippen LogP contribution in [0.3, 0.4) is 0 Å². The zero-order valence-corrected chi connectivity index (χ0v) is 19.9. The highest BCUT2D eigenvalue weighted by molar-refractivity contribution is 14.0. The lowest BCUT2D eigenvalue weighted by Gasteiger charge is -2.11. The van der Waals surface area contributed by atoms with Crippen LogP contribution in [0.4, 0.5) is 13.2 Å². The molecule has 1 aromatic heterocycles. The zero-order chi connectivity index (χ0) is 22.1. The van der Waals surface area contributed by atoms with Gasteiger partial charge in [0, 0.05) is 12.7 Å². The van der Waals surface area contributed by atoms with Crippen molar-refractivity contribution in [2.75, 3.05) is 27.4 Å². The van der Waals surface area contributed by atoms with E-state index in [1.165, 1.54) is 0 Å². The number of ether oxygens (including phenoxy) is 3. The number of rotatable bonds is 9. The second-order valence-corrected chi connectivity index (χ2v) is 6.44. The van der Waals surface area contributed by atoms with Gasteiger partial charge < -0.3 is 25.3 Å². The number of halogens is 5. The maximum atomic E-state index is 12.6. The van der Waals surface area contributed by atoms with Gasteiger partial charge in [0.25, 0.3) is 0 Å². The molecule has 172 valence electrons. The molecule has 0 saturated carbocycles. The molecule has 3 N–H and O–H groups in total. The molecule has 2 rings (SSSR count). The first-order chi connectivity index (χ1) is 14.2. The monoisotopic (exact) mass is 574 g/mol. The maximum Gasteiger partial charge on any atom is 0.417 e. The smallest absolute Gasteiger partial charge is 0.417 e. The van der Waals surface area contributed by atoms with Crippen LogP contribution in [0.25, 0.3) is 0 Å². The molecule has 0 amide bonds. The number of methoxy groups -OCH3 is 2. The quantitative estimate of drug-likeness (QED) is 0.201. The van der Waals surface area contributed by atoms with E-state index in [-0.39, 0.29) is 47.4 Å². The van der Waals surface area contributed by atoms with Crippen molar-refractivity contribution < 1.29 is 27.4 Å². The van der Waals surface area contributed by atoms with E-state index in [9.17, 15) is 13.2 Å². The highest BCUT2D eigenvalue weighted by Gasteiger charge is 2.31. The van der Waals surface area contributed by atoms with Crippen LogP contribution in [0.15, 0.2) is 35.5 Å². The summed E-state index contributed by atoms with van der Waals surface area (Å²) in [6.07, 6.45) is -3.32. The van der Waals surface area contributed by atoms with E-state index in [0.717, 1.165) is 11.6 Å². The number of nitrogens with one attached hydrogen (secondary N) is 1. The predicted molar refractivity (Wildman–Crippen MR) is 123 cm³/mol. The molecule has 0 fully saturated rings. The molecular formula is C19H23ClF3IN4O3. The average molecular weight is 575 g/mol. The molecular weight excluding hydrogens is 552 g/mol. The van der Waals surface area contributed by atoms with Gasteiger partial charge in [-0.1, -0.05) is 17.7 Å². The maximum absolute atomic E-state index is 12.6. The van der Waals surface area contributed by atoms with Gasteiger partial charge in [-0.05, 0) is 30.2 Å². The van der Waals surface area contributed by atoms with Gasteiger partial charge >= 0.3 is 6.18 Å². The topological polar surface area (TPSA) is 91.0 Å². The molecule has 0 saturated heterocycles. The van der Waals surface area contributed by atoms with E-state index in [1.54, 1.807) is 20.3 Å². The Hall–Kier alpha value is -2.15. The fourth-order valence-electron chi connectivity index (χ4n) is 2.36. The molecule has 0 unspecified atom stereocenters. The minimum atomic E-state index is -4.51. The van der Waals surface area contributed by atoms with Crippen LogP contribution in [0.5, 0.6) is 17.4 Å². The van der Waals surface area contributed by atoms with Crippen molar-refractivity contribution in [2.45, 2.75) is 19.1 Å². The van der Waals surface area contributed by atoms with Crippen LogP contribution in [-0.2, 0) is 12.7 Å². The van der Waals surface area contributed by atoms with E-state index in [1.807, 2.05) is 12.1 Å². The largest absolute Gasteiger partial charge is 0.493 e. The molecule has 2 aromatic rings. The molecule has 0 spiro atoms. The Morgan fingerprint density at radius 3 is 2.52 bits per heavy atom. The van der Waals surface area contributed by atoms with Gasteiger partial charge in [0.2, 0.25) is 5.88 Å². The van der Waals surface area contributed by atoms with Gasteiger partial charge in [-0.15, -0.1) is 24.0 Å². The lowest BCUT2D eigenvalue weighted by atomic mass is 10.2. The van der Waals surface area contributed by atoms with Crippen LogP contribution in [-0.4, -0.2) is 38.3 Å².